The summed E-state index contributed by atoms with van der Waals surface area (Å²) >= 11 is 4.56. The van der Waals surface area contributed by atoms with Crippen molar-refractivity contribution in [1.29, 1.82) is 0 Å². The lowest BCUT2D eigenvalue weighted by molar-refractivity contribution is -0.210. The highest BCUT2D eigenvalue weighted by atomic mass is 35.5. The lowest BCUT2D eigenvalue weighted by atomic mass is 10.1. The Balaban J connectivity index is 4.40. The van der Waals surface area contributed by atoms with E-state index >= 15 is 0 Å². The maximum absolute atomic E-state index is 12.4. The van der Waals surface area contributed by atoms with Gasteiger partial charge >= 0.3 is 6.18 Å². The Morgan fingerprint density at radius 1 is 1.10 bits per heavy atom. The molecule has 0 radical (unpaired) electrons. The molecule has 0 bridgehead atoms. The summed E-state index contributed by atoms with van der Waals surface area (Å²) in [6, 6.07) is 0. The smallest absolute Gasteiger partial charge is 0.216 e. The Morgan fingerprint density at radius 2 is 1.40 bits per heavy atom. The average molecular weight is 179 g/mol. The third kappa shape index (κ3) is 1.75. The van der Waals surface area contributed by atoms with Gasteiger partial charge in [-0.3, -0.25) is 0 Å². The van der Waals surface area contributed by atoms with Crippen molar-refractivity contribution in [2.24, 2.45) is 5.92 Å². The van der Waals surface area contributed by atoms with Crippen molar-refractivity contribution in [3.8, 4) is 0 Å². The number of rotatable bonds is 1. The first-order valence-electron chi connectivity index (χ1n) is 2.64. The van der Waals surface area contributed by atoms with Gasteiger partial charge in [0.2, 0.25) is 0 Å². The SMILES string of the molecule is CC(C)C(F)(Cl)C(F)(F)F. The molecule has 0 heterocycles. The summed E-state index contributed by atoms with van der Waals surface area (Å²) in [5.74, 6) is -1.27. The van der Waals surface area contributed by atoms with Crippen molar-refractivity contribution in [3.63, 3.8) is 0 Å². The highest BCUT2D eigenvalue weighted by Crippen LogP contribution is 2.42. The van der Waals surface area contributed by atoms with E-state index in [1.54, 1.807) is 0 Å². The van der Waals surface area contributed by atoms with Crippen LogP contribution in [0.2, 0.25) is 0 Å². The second kappa shape index (κ2) is 2.57. The Labute approximate surface area is 61.2 Å². The van der Waals surface area contributed by atoms with E-state index in [0.717, 1.165) is 13.8 Å². The maximum Gasteiger partial charge on any atom is 0.437 e. The lowest BCUT2D eigenvalue weighted by Gasteiger charge is -2.24. The molecule has 0 saturated heterocycles. The summed E-state index contributed by atoms with van der Waals surface area (Å²) in [6.07, 6.45) is -4.98. The van der Waals surface area contributed by atoms with Crippen LogP contribution >= 0.6 is 11.6 Å². The zero-order valence-electron chi connectivity index (χ0n) is 5.47. The van der Waals surface area contributed by atoms with Crippen LogP contribution in [0.15, 0.2) is 0 Å². The van der Waals surface area contributed by atoms with E-state index in [1.165, 1.54) is 0 Å². The first kappa shape index (κ1) is 10.0. The minimum atomic E-state index is -4.98. The van der Waals surface area contributed by atoms with Gasteiger partial charge in [0.05, 0.1) is 0 Å². The molecule has 0 spiro atoms. The monoisotopic (exact) mass is 178 g/mol. The van der Waals surface area contributed by atoms with Crippen molar-refractivity contribution < 1.29 is 17.6 Å². The minimum Gasteiger partial charge on any atom is -0.216 e. The molecule has 0 nitrogen and oxygen atoms in total. The topological polar surface area (TPSA) is 0 Å². The fourth-order valence-corrected chi connectivity index (χ4v) is 0.327. The predicted molar refractivity (Wildman–Crippen MR) is 30.6 cm³/mol. The third-order valence-electron chi connectivity index (χ3n) is 1.10. The van der Waals surface area contributed by atoms with Crippen LogP contribution in [0.25, 0.3) is 0 Å². The molecule has 0 aliphatic carbocycles. The van der Waals surface area contributed by atoms with Crippen molar-refractivity contribution in [2.45, 2.75) is 25.2 Å². The number of alkyl halides is 5. The molecule has 62 valence electrons. The summed E-state index contributed by atoms with van der Waals surface area (Å²) in [6.45, 7) is 2.14. The largest absolute Gasteiger partial charge is 0.437 e. The van der Waals surface area contributed by atoms with Gasteiger partial charge in [0.25, 0.3) is 5.13 Å². The van der Waals surface area contributed by atoms with Gasteiger partial charge in [-0.25, -0.2) is 4.39 Å². The van der Waals surface area contributed by atoms with Gasteiger partial charge in [-0.05, 0) is 0 Å². The lowest BCUT2D eigenvalue weighted by Crippen LogP contribution is -2.39. The molecule has 0 rings (SSSR count). The van der Waals surface area contributed by atoms with E-state index in [9.17, 15) is 17.6 Å². The molecule has 5 heteroatoms. The molecule has 1 unspecified atom stereocenters. The zero-order valence-corrected chi connectivity index (χ0v) is 6.22. The van der Waals surface area contributed by atoms with Crippen LogP contribution in [-0.2, 0) is 0 Å². The Hall–Kier alpha value is 0.01000. The van der Waals surface area contributed by atoms with Crippen LogP contribution in [0, 0.1) is 5.92 Å². The van der Waals surface area contributed by atoms with E-state index in [2.05, 4.69) is 11.6 Å². The van der Waals surface area contributed by atoms with Crippen LogP contribution in [0.4, 0.5) is 17.6 Å². The molecule has 1 atom stereocenters. The Bertz CT molecular complexity index is 115. The van der Waals surface area contributed by atoms with Gasteiger partial charge < -0.3 is 0 Å². The highest BCUT2D eigenvalue weighted by Gasteiger charge is 2.56. The molecule has 0 aliphatic heterocycles. The summed E-state index contributed by atoms with van der Waals surface area (Å²) in [4.78, 5) is 0. The van der Waals surface area contributed by atoms with E-state index in [0.29, 0.717) is 0 Å². The van der Waals surface area contributed by atoms with Gasteiger partial charge in [-0.2, -0.15) is 13.2 Å². The van der Waals surface area contributed by atoms with Crippen LogP contribution in [-0.4, -0.2) is 11.3 Å². The summed E-state index contributed by atoms with van der Waals surface area (Å²) in [5, 5.41) is -3.59. The average Bonchev–Trinajstić information content (AvgIpc) is 1.62. The van der Waals surface area contributed by atoms with E-state index in [-0.39, 0.29) is 0 Å². The summed E-state index contributed by atoms with van der Waals surface area (Å²) in [7, 11) is 0. The number of hydrogen-bond donors (Lipinski definition) is 0. The molecule has 0 N–H and O–H groups in total. The molecular formula is C5H7ClF4. The molecule has 0 aliphatic rings. The first-order valence-corrected chi connectivity index (χ1v) is 3.02. The second-order valence-electron chi connectivity index (χ2n) is 2.28. The van der Waals surface area contributed by atoms with E-state index < -0.39 is 17.2 Å². The van der Waals surface area contributed by atoms with Crippen LogP contribution in [0.3, 0.4) is 0 Å². The molecule has 0 amide bonds. The van der Waals surface area contributed by atoms with Gasteiger partial charge in [0, 0.05) is 5.92 Å². The number of hydrogen-bond acceptors (Lipinski definition) is 0. The fourth-order valence-electron chi connectivity index (χ4n) is 0.327. The van der Waals surface area contributed by atoms with Crippen LogP contribution < -0.4 is 0 Å². The molecule has 10 heavy (non-hydrogen) atoms. The minimum absolute atomic E-state index is 1.07. The maximum atomic E-state index is 12.4. The molecule has 0 fully saturated rings. The third-order valence-corrected chi connectivity index (χ3v) is 1.75. The van der Waals surface area contributed by atoms with Crippen LogP contribution in [0.1, 0.15) is 13.8 Å². The van der Waals surface area contributed by atoms with Gasteiger partial charge in [-0.15, -0.1) is 0 Å². The van der Waals surface area contributed by atoms with Crippen molar-refractivity contribution in [3.05, 3.63) is 0 Å². The molecular weight excluding hydrogens is 171 g/mol. The number of halogens is 5. The Kier molecular flexibility index (Phi) is 2.57. The van der Waals surface area contributed by atoms with Gasteiger partial charge in [0.15, 0.2) is 0 Å². The predicted octanol–water partition coefficient (Wildman–Crippen LogP) is 3.11. The highest BCUT2D eigenvalue weighted by molar-refractivity contribution is 6.23. The van der Waals surface area contributed by atoms with E-state index in [1.807, 2.05) is 0 Å². The first-order chi connectivity index (χ1) is 4.19. The van der Waals surface area contributed by atoms with Gasteiger partial charge in [0.1, 0.15) is 0 Å². The fraction of sp³-hybridized carbons (Fsp3) is 1.00. The Morgan fingerprint density at radius 3 is 1.40 bits per heavy atom. The zero-order chi connectivity index (χ0) is 8.58. The second-order valence-corrected chi connectivity index (χ2v) is 2.83. The summed E-state index contributed by atoms with van der Waals surface area (Å²) in [5.41, 5.74) is 0. The molecule has 0 saturated carbocycles. The molecule has 0 aromatic heterocycles. The normalized spacial score (nSPS) is 19.2. The molecule has 0 aromatic carbocycles. The van der Waals surface area contributed by atoms with Crippen molar-refractivity contribution in [2.75, 3.05) is 0 Å². The van der Waals surface area contributed by atoms with Gasteiger partial charge in [-0.1, -0.05) is 25.4 Å². The quantitative estimate of drug-likeness (QED) is 0.428. The standard InChI is InChI=1S/C5H7ClF4/c1-3(2)4(6,7)5(8,9)10/h3H,1-2H3. The van der Waals surface area contributed by atoms with Crippen molar-refractivity contribution in [1.82, 2.24) is 0 Å². The van der Waals surface area contributed by atoms with E-state index in [4.69, 9.17) is 0 Å². The van der Waals surface area contributed by atoms with Crippen molar-refractivity contribution >= 4 is 11.6 Å². The van der Waals surface area contributed by atoms with Crippen LogP contribution in [0.5, 0.6) is 0 Å². The summed E-state index contributed by atoms with van der Waals surface area (Å²) < 4.78 is 47.1. The molecule has 0 aromatic rings.